The van der Waals surface area contributed by atoms with Crippen LogP contribution in [0, 0.1) is 0 Å². The van der Waals surface area contributed by atoms with Gasteiger partial charge in [-0.15, -0.1) is 0 Å². The summed E-state index contributed by atoms with van der Waals surface area (Å²) in [6.45, 7) is 0. The smallest absolute Gasteiger partial charge is 0.412 e. The zero-order chi connectivity index (χ0) is 9.00. The van der Waals surface area contributed by atoms with E-state index in [4.69, 9.17) is 38.5 Å². The van der Waals surface area contributed by atoms with Gasteiger partial charge in [-0.2, -0.15) is 0 Å². The summed E-state index contributed by atoms with van der Waals surface area (Å²) in [6, 6.07) is 0. The Kier molecular flexibility index (Phi) is 675. The van der Waals surface area contributed by atoms with E-state index >= 15 is 0 Å². The summed E-state index contributed by atoms with van der Waals surface area (Å²) < 4.78 is 17.8. The highest BCUT2D eigenvalue weighted by Crippen LogP contribution is 2.26. The van der Waals surface area contributed by atoms with Crippen molar-refractivity contribution in [1.29, 1.82) is 0 Å². The molecule has 0 radical (unpaired) electrons. The van der Waals surface area contributed by atoms with Crippen LogP contribution in [0.4, 0.5) is 0 Å². The topological polar surface area (TPSA) is 604 Å². The number of hydrogen-bond donors (Lipinski definition) is 8. The molecule has 24 heavy (non-hydrogen) atoms. The van der Waals surface area contributed by atoms with Gasteiger partial charge < -0.3 is 107 Å². The van der Waals surface area contributed by atoms with Crippen molar-refractivity contribution in [2.75, 3.05) is 0 Å². The molecule has 0 spiro atoms. The van der Waals surface area contributed by atoms with E-state index in [0.717, 1.165) is 0 Å². The van der Waals surface area contributed by atoms with Gasteiger partial charge >= 0.3 is 15.6 Å². The number of hydrogen-bond acceptors (Lipinski definition) is 4. The first-order valence-electron chi connectivity index (χ1n) is 1.57. The minimum atomic E-state index is -4.64. The molecule has 0 aliphatic carbocycles. The van der Waals surface area contributed by atoms with Gasteiger partial charge in [0, 0.05) is 0 Å². The van der Waals surface area contributed by atoms with E-state index in [-0.39, 0.29) is 78.0 Å². The fourth-order valence-corrected chi connectivity index (χ4v) is 0. The van der Waals surface area contributed by atoms with Gasteiger partial charge in [-0.05, 0) is 0 Å². The third-order valence-electron chi connectivity index (χ3n) is 0. The van der Waals surface area contributed by atoms with Gasteiger partial charge in [0.25, 0.3) is 0 Å². The Morgan fingerprint density at radius 2 is 0.333 bits per heavy atom. The van der Waals surface area contributed by atoms with Gasteiger partial charge in [0.2, 0.25) is 0 Å². The molecule has 0 saturated heterocycles. The summed E-state index contributed by atoms with van der Waals surface area (Å²) in [5.74, 6) is 0. The van der Waals surface area contributed by atoms with Crippen LogP contribution in [0.3, 0.4) is 0 Å². The van der Waals surface area contributed by atoms with Crippen LogP contribution in [0.15, 0.2) is 0 Å². The molecule has 0 unspecified atom stereocenters. The highest BCUT2D eigenvalue weighted by molar-refractivity contribution is 7.45. The number of phosphoric acid groups is 2. The van der Waals surface area contributed by atoms with Crippen LogP contribution in [0.1, 0.15) is 0 Å². The average molecular weight is 446 g/mol. The van der Waals surface area contributed by atoms with Crippen molar-refractivity contribution < 1.29 is 104 Å². The van der Waals surface area contributed by atoms with Crippen molar-refractivity contribution in [1.82, 2.24) is 12.3 Å². The van der Waals surface area contributed by atoms with Crippen molar-refractivity contribution in [3.63, 3.8) is 0 Å². The van der Waals surface area contributed by atoms with Crippen LogP contribution in [-0.2, 0) is 9.13 Å². The summed E-state index contributed by atoms with van der Waals surface area (Å²) in [4.78, 5) is 43.1. The maximum Gasteiger partial charge on any atom is 0.466 e. The number of rotatable bonds is 0. The fraction of sp³-hybridized carbons (Fsp3) is 0. The fourth-order valence-electron chi connectivity index (χ4n) is 0. The summed E-state index contributed by atoms with van der Waals surface area (Å²) in [6.07, 6.45) is 0. The third-order valence-corrected chi connectivity index (χ3v) is 0. The van der Waals surface area contributed by atoms with Crippen LogP contribution < -0.4 is 12.3 Å². The van der Waals surface area contributed by atoms with Gasteiger partial charge in [-0.3, -0.25) is 0 Å². The molecule has 176 valence electrons. The van der Waals surface area contributed by atoms with Crippen molar-refractivity contribution >= 4 is 15.6 Å². The van der Waals surface area contributed by atoms with Gasteiger partial charge in [0.1, 0.15) is 0 Å². The monoisotopic (exact) mass is 446 g/mol. The summed E-state index contributed by atoms with van der Waals surface area (Å²) in [5.41, 5.74) is 0. The van der Waals surface area contributed by atoms with Crippen LogP contribution in [0.2, 0.25) is 0 Å². The first-order valence-corrected chi connectivity index (χ1v) is 4.70. The Morgan fingerprint density at radius 3 is 0.333 bits per heavy atom. The van der Waals surface area contributed by atoms with E-state index < -0.39 is 15.6 Å². The highest BCUT2D eigenvalue weighted by Gasteiger charge is 2.00. The lowest BCUT2D eigenvalue weighted by Gasteiger charge is -1.82. The van der Waals surface area contributed by atoms with Crippen LogP contribution in [0.25, 0.3) is 0 Å². The molecule has 36 N–H and O–H groups in total. The Morgan fingerprint density at radius 1 is 0.333 bits per heavy atom. The second kappa shape index (κ2) is 78.2. The lowest BCUT2D eigenvalue weighted by Crippen LogP contribution is -1.66. The predicted molar refractivity (Wildman–Crippen MR) is 81.9 cm³/mol. The molecule has 0 aliphatic rings. The second-order valence-electron chi connectivity index (χ2n) is 1.03. The Labute approximate surface area is 133 Å². The Bertz CT molecular complexity index is 132. The SMILES string of the molecule is N.N.O.O.O.O.O.O.O.O.O.O.O.O.O=P(O)(O)O.O=P(O)(O)O. The normalized spacial score (nSPS) is 4.92. The van der Waals surface area contributed by atoms with E-state index in [2.05, 4.69) is 0 Å². The lowest BCUT2D eigenvalue weighted by molar-refractivity contribution is 0.272. The van der Waals surface area contributed by atoms with Crippen molar-refractivity contribution in [2.45, 2.75) is 0 Å². The molecule has 0 bridgehead atoms. The molecule has 0 heterocycles. The van der Waals surface area contributed by atoms with E-state index in [1.165, 1.54) is 0 Å². The van der Waals surface area contributed by atoms with E-state index in [1.54, 1.807) is 0 Å². The largest absolute Gasteiger partial charge is 0.466 e. The predicted octanol–water partition coefficient (Wildman–Crippen LogP) is -11.4. The highest BCUT2D eigenvalue weighted by atomic mass is 31.2. The van der Waals surface area contributed by atoms with Crippen LogP contribution >= 0.6 is 15.6 Å². The second-order valence-corrected chi connectivity index (χ2v) is 3.08. The molecule has 0 aliphatic heterocycles. The van der Waals surface area contributed by atoms with Crippen molar-refractivity contribution in [3.05, 3.63) is 0 Å². The van der Waals surface area contributed by atoms with Crippen LogP contribution in [0.5, 0.6) is 0 Å². The lowest BCUT2D eigenvalue weighted by atomic mass is 14.0. The van der Waals surface area contributed by atoms with Gasteiger partial charge in [0.15, 0.2) is 0 Å². The first kappa shape index (κ1) is 207. The molecule has 0 saturated carbocycles. The zero-order valence-corrected chi connectivity index (χ0v) is 13.6. The molecule has 22 nitrogen and oxygen atoms in total. The van der Waals surface area contributed by atoms with E-state index in [1.807, 2.05) is 0 Å². The summed E-state index contributed by atoms with van der Waals surface area (Å²) in [7, 11) is -9.28. The molecule has 0 rings (SSSR count). The van der Waals surface area contributed by atoms with Gasteiger partial charge in [-0.25, -0.2) is 9.13 Å². The molecular weight excluding hydrogens is 410 g/mol. The molecule has 0 aromatic carbocycles. The summed E-state index contributed by atoms with van der Waals surface area (Å²) in [5, 5.41) is 0. The molecule has 0 amide bonds. The molecule has 24 heteroatoms. The van der Waals surface area contributed by atoms with E-state index in [9.17, 15) is 0 Å². The minimum Gasteiger partial charge on any atom is -0.412 e. The zero-order valence-electron chi connectivity index (χ0n) is 11.8. The van der Waals surface area contributed by atoms with E-state index in [0.29, 0.717) is 0 Å². The minimum absolute atomic E-state index is 0. The Balaban J connectivity index is -0.00000000241. The molecule has 0 aromatic rings. The van der Waals surface area contributed by atoms with Gasteiger partial charge in [-0.1, -0.05) is 0 Å². The standard InChI is InChI=1S/2H3N.2H3O4P.12H2O/c;;2*1-5(2,3)4;;;;;;;;;;;;/h2*1H3;2*(H3,1,2,3,4);12*1H2. The average Bonchev–Trinajstić information content (AvgIpc) is 1.12. The quantitative estimate of drug-likeness (QED) is 0.162. The summed E-state index contributed by atoms with van der Waals surface area (Å²) >= 11 is 0. The molecule has 0 atom stereocenters. The Hall–Kier alpha value is -0.340. The van der Waals surface area contributed by atoms with Crippen LogP contribution in [-0.4, -0.2) is 95.1 Å². The van der Waals surface area contributed by atoms with Gasteiger partial charge in [0.05, 0.1) is 0 Å². The molecule has 0 aromatic heterocycles. The maximum atomic E-state index is 8.88. The van der Waals surface area contributed by atoms with Crippen molar-refractivity contribution in [3.8, 4) is 0 Å². The maximum absolute atomic E-state index is 8.88. The third kappa shape index (κ3) is 80000. The molecular formula is H36N2O20P2. The van der Waals surface area contributed by atoms with Crippen molar-refractivity contribution in [2.24, 2.45) is 0 Å². The molecule has 0 fully saturated rings. The first-order chi connectivity index (χ1) is 4.00.